The lowest BCUT2D eigenvalue weighted by Gasteiger charge is -2.50. The molecule has 1 nitrogen and oxygen atoms in total. The second-order valence-electron chi connectivity index (χ2n) is 4.64. The fourth-order valence-electron chi connectivity index (χ4n) is 1.97. The molecule has 0 aromatic heterocycles. The fourth-order valence-corrected chi connectivity index (χ4v) is 2.43. The lowest BCUT2D eigenvalue weighted by atomic mass is 9.65. The van der Waals surface area contributed by atoms with E-state index in [1.54, 1.807) is 0 Å². The summed E-state index contributed by atoms with van der Waals surface area (Å²) in [5, 5.41) is 0.0881. The molecule has 5 heteroatoms. The average molecular weight is 259 g/mol. The number of rotatable bonds is 5. The smallest absolute Gasteiger partial charge is 0.378 e. The number of hydrogen-bond acceptors (Lipinski definition) is 1. The van der Waals surface area contributed by atoms with Gasteiger partial charge in [-0.3, -0.25) is 0 Å². The topological polar surface area (TPSA) is 9.23 Å². The molecular formula is C11H18ClF3O. The van der Waals surface area contributed by atoms with Crippen LogP contribution in [0.1, 0.15) is 39.5 Å². The summed E-state index contributed by atoms with van der Waals surface area (Å²) in [6.45, 7) is 4.23. The highest BCUT2D eigenvalue weighted by atomic mass is 35.5. The van der Waals surface area contributed by atoms with Crippen LogP contribution in [0.25, 0.3) is 0 Å². The molecule has 0 aliphatic heterocycles. The minimum Gasteiger partial charge on any atom is -0.378 e. The minimum absolute atomic E-state index is 0.0215. The third-order valence-electron chi connectivity index (χ3n) is 3.56. The molecule has 1 fully saturated rings. The third-order valence-corrected chi connectivity index (χ3v) is 4.23. The van der Waals surface area contributed by atoms with Crippen molar-refractivity contribution in [1.82, 2.24) is 0 Å². The molecule has 1 saturated carbocycles. The quantitative estimate of drug-likeness (QED) is 0.532. The van der Waals surface area contributed by atoms with E-state index in [4.69, 9.17) is 16.3 Å². The molecule has 96 valence electrons. The highest BCUT2D eigenvalue weighted by Gasteiger charge is 2.50. The number of alkyl halides is 4. The molecule has 3 atom stereocenters. The normalized spacial score (nSPS) is 34.9. The van der Waals surface area contributed by atoms with Gasteiger partial charge in [-0.1, -0.05) is 13.8 Å². The fraction of sp³-hybridized carbons (Fsp3) is 1.00. The molecular weight excluding hydrogens is 241 g/mol. The van der Waals surface area contributed by atoms with Crippen molar-refractivity contribution in [1.29, 1.82) is 0 Å². The first-order valence-corrected chi connectivity index (χ1v) is 6.05. The van der Waals surface area contributed by atoms with Crippen LogP contribution >= 0.6 is 11.6 Å². The summed E-state index contributed by atoms with van der Waals surface area (Å²) in [4.78, 5) is 0. The molecule has 0 saturated heterocycles. The van der Waals surface area contributed by atoms with Crippen molar-refractivity contribution in [2.75, 3.05) is 6.61 Å². The zero-order valence-corrected chi connectivity index (χ0v) is 10.4. The van der Waals surface area contributed by atoms with Crippen molar-refractivity contribution in [2.45, 2.75) is 57.2 Å². The molecule has 1 aliphatic rings. The van der Waals surface area contributed by atoms with E-state index in [0.29, 0.717) is 0 Å². The van der Waals surface area contributed by atoms with Crippen LogP contribution in [-0.4, -0.2) is 24.3 Å². The summed E-state index contributed by atoms with van der Waals surface area (Å²) < 4.78 is 41.1. The van der Waals surface area contributed by atoms with Crippen LogP contribution in [0, 0.1) is 5.41 Å². The van der Waals surface area contributed by atoms with Crippen LogP contribution in [0.4, 0.5) is 13.2 Å². The largest absolute Gasteiger partial charge is 0.389 e. The summed E-state index contributed by atoms with van der Waals surface area (Å²) in [6, 6.07) is 0. The highest BCUT2D eigenvalue weighted by molar-refractivity contribution is 6.21. The van der Waals surface area contributed by atoms with Gasteiger partial charge in [-0.15, -0.1) is 11.6 Å². The maximum atomic E-state index is 11.9. The van der Waals surface area contributed by atoms with E-state index in [2.05, 4.69) is 0 Å². The SMILES string of the molecule is CCC1(C)C(Cl)CC1OCCCC(F)(F)F. The van der Waals surface area contributed by atoms with Gasteiger partial charge in [0.05, 0.1) is 6.10 Å². The van der Waals surface area contributed by atoms with Crippen LogP contribution in [0.5, 0.6) is 0 Å². The first kappa shape index (κ1) is 14.1. The van der Waals surface area contributed by atoms with Crippen LogP contribution in [0.3, 0.4) is 0 Å². The van der Waals surface area contributed by atoms with Gasteiger partial charge in [0.25, 0.3) is 0 Å². The predicted octanol–water partition coefficient (Wildman–Crippen LogP) is 4.14. The summed E-state index contributed by atoms with van der Waals surface area (Å²) >= 11 is 6.08. The average Bonchev–Trinajstić information content (AvgIpc) is 2.19. The Labute approximate surface area is 99.3 Å². The molecule has 0 amide bonds. The van der Waals surface area contributed by atoms with E-state index in [-0.39, 0.29) is 29.9 Å². The second-order valence-corrected chi connectivity index (χ2v) is 5.17. The van der Waals surface area contributed by atoms with Gasteiger partial charge in [-0.05, 0) is 19.3 Å². The van der Waals surface area contributed by atoms with Gasteiger partial charge in [0, 0.05) is 23.8 Å². The second kappa shape index (κ2) is 5.13. The maximum absolute atomic E-state index is 11.9. The van der Waals surface area contributed by atoms with Gasteiger partial charge in [0.1, 0.15) is 0 Å². The predicted molar refractivity (Wildman–Crippen MR) is 57.7 cm³/mol. The Hall–Kier alpha value is 0.0400. The first-order chi connectivity index (χ1) is 7.29. The summed E-state index contributed by atoms with van der Waals surface area (Å²) in [7, 11) is 0. The Morgan fingerprint density at radius 3 is 2.50 bits per heavy atom. The van der Waals surface area contributed by atoms with Crippen molar-refractivity contribution in [3.63, 3.8) is 0 Å². The first-order valence-electron chi connectivity index (χ1n) is 5.62. The Kier molecular flexibility index (Phi) is 4.52. The highest BCUT2D eigenvalue weighted by Crippen LogP contribution is 2.49. The molecule has 0 aromatic rings. The molecule has 0 radical (unpaired) electrons. The molecule has 0 N–H and O–H groups in total. The lowest BCUT2D eigenvalue weighted by molar-refractivity contribution is -0.145. The van der Waals surface area contributed by atoms with Crippen LogP contribution < -0.4 is 0 Å². The zero-order chi connectivity index (χ0) is 12.4. The van der Waals surface area contributed by atoms with E-state index < -0.39 is 12.6 Å². The minimum atomic E-state index is -4.08. The molecule has 0 heterocycles. The van der Waals surface area contributed by atoms with Gasteiger partial charge >= 0.3 is 6.18 Å². The summed E-state index contributed by atoms with van der Waals surface area (Å²) in [5.41, 5.74) is -0.0697. The van der Waals surface area contributed by atoms with Gasteiger partial charge in [0.2, 0.25) is 0 Å². The number of ether oxygens (including phenoxy) is 1. The Balaban J connectivity index is 2.20. The van der Waals surface area contributed by atoms with Crippen LogP contribution in [0.15, 0.2) is 0 Å². The monoisotopic (exact) mass is 258 g/mol. The van der Waals surface area contributed by atoms with Crippen molar-refractivity contribution in [3.05, 3.63) is 0 Å². The van der Waals surface area contributed by atoms with Crippen molar-refractivity contribution in [2.24, 2.45) is 5.41 Å². The Morgan fingerprint density at radius 2 is 2.06 bits per heavy atom. The van der Waals surface area contributed by atoms with Crippen molar-refractivity contribution in [3.8, 4) is 0 Å². The van der Waals surface area contributed by atoms with Gasteiger partial charge in [-0.2, -0.15) is 13.2 Å². The molecule has 1 rings (SSSR count). The van der Waals surface area contributed by atoms with E-state index in [1.165, 1.54) is 0 Å². The Bertz CT molecular complexity index is 232. The zero-order valence-electron chi connectivity index (χ0n) is 9.61. The van der Waals surface area contributed by atoms with Gasteiger partial charge < -0.3 is 4.74 Å². The third kappa shape index (κ3) is 3.27. The van der Waals surface area contributed by atoms with Crippen molar-refractivity contribution >= 4 is 11.6 Å². The Morgan fingerprint density at radius 1 is 1.44 bits per heavy atom. The maximum Gasteiger partial charge on any atom is 0.389 e. The van der Waals surface area contributed by atoms with E-state index in [1.807, 2.05) is 13.8 Å². The molecule has 1 aliphatic carbocycles. The van der Waals surface area contributed by atoms with Gasteiger partial charge in [0.15, 0.2) is 0 Å². The molecule has 3 unspecified atom stereocenters. The summed E-state index contributed by atoms with van der Waals surface area (Å²) in [5.74, 6) is 0. The molecule has 16 heavy (non-hydrogen) atoms. The van der Waals surface area contributed by atoms with E-state index in [0.717, 1.165) is 12.8 Å². The van der Waals surface area contributed by atoms with Crippen LogP contribution in [-0.2, 0) is 4.74 Å². The summed E-state index contributed by atoms with van der Waals surface area (Å²) in [6.07, 6.45) is -3.15. The number of hydrogen-bond donors (Lipinski definition) is 0. The van der Waals surface area contributed by atoms with Crippen LogP contribution in [0.2, 0.25) is 0 Å². The van der Waals surface area contributed by atoms with Crippen molar-refractivity contribution < 1.29 is 17.9 Å². The molecule has 0 spiro atoms. The lowest BCUT2D eigenvalue weighted by Crippen LogP contribution is -2.53. The molecule has 0 bridgehead atoms. The van der Waals surface area contributed by atoms with E-state index >= 15 is 0 Å². The molecule has 0 aromatic carbocycles. The number of halogens is 4. The standard InChI is InChI=1S/C11H18ClF3O/c1-3-10(2)8(12)7-9(10)16-6-4-5-11(13,14)15/h8-9H,3-7H2,1-2H3. The van der Waals surface area contributed by atoms with E-state index in [9.17, 15) is 13.2 Å². The van der Waals surface area contributed by atoms with Gasteiger partial charge in [-0.25, -0.2) is 0 Å².